The molecule has 4 bridgehead atoms. The van der Waals surface area contributed by atoms with Gasteiger partial charge in [0.05, 0.1) is 0 Å². The first kappa shape index (κ1) is 12.5. The van der Waals surface area contributed by atoms with Crippen LogP contribution in [0.5, 0.6) is 0 Å². The summed E-state index contributed by atoms with van der Waals surface area (Å²) in [5.41, 5.74) is 1.46. The Bertz CT molecular complexity index is 287. The van der Waals surface area contributed by atoms with Crippen LogP contribution in [0.25, 0.3) is 0 Å². The van der Waals surface area contributed by atoms with Gasteiger partial charge >= 0.3 is 0 Å². The van der Waals surface area contributed by atoms with Crippen molar-refractivity contribution in [2.45, 2.75) is 82.4 Å². The second kappa shape index (κ2) is 3.99. The molecule has 98 valence electrons. The summed E-state index contributed by atoms with van der Waals surface area (Å²) in [6.07, 6.45) is 14.9. The Hall–Kier alpha value is 0.480. The quantitative estimate of drug-likeness (QED) is 0.585. The van der Waals surface area contributed by atoms with Gasteiger partial charge in [0.2, 0.25) is 0 Å². The number of halogens is 1. The number of alkyl halides is 1. The third-order valence-electron chi connectivity index (χ3n) is 5.79. The molecule has 0 aliphatic heterocycles. The lowest BCUT2D eigenvalue weighted by molar-refractivity contribution is -0.102. The molecule has 0 radical (unpaired) electrons. The van der Waals surface area contributed by atoms with Crippen molar-refractivity contribution in [1.29, 1.82) is 0 Å². The van der Waals surface area contributed by atoms with E-state index in [0.717, 1.165) is 16.7 Å². The minimum atomic E-state index is 0.538. The molecule has 17 heavy (non-hydrogen) atoms. The van der Waals surface area contributed by atoms with Crippen molar-refractivity contribution in [1.82, 2.24) is 0 Å². The smallest absolute Gasteiger partial charge is 0.0271 e. The normalized spacial score (nSPS) is 52.1. The van der Waals surface area contributed by atoms with E-state index in [-0.39, 0.29) is 0 Å². The van der Waals surface area contributed by atoms with Crippen LogP contribution in [-0.2, 0) is 0 Å². The molecule has 2 unspecified atom stereocenters. The van der Waals surface area contributed by atoms with Crippen molar-refractivity contribution in [2.75, 3.05) is 0 Å². The first-order chi connectivity index (χ1) is 8.03. The summed E-state index contributed by atoms with van der Waals surface area (Å²) in [4.78, 5) is 0. The molecule has 0 heterocycles. The predicted octanol–water partition coefficient (Wildman–Crippen LogP) is 5.69. The van der Waals surface area contributed by atoms with Crippen molar-refractivity contribution in [3.63, 3.8) is 0 Å². The summed E-state index contributed by atoms with van der Waals surface area (Å²) >= 11 is 4.17. The third-order valence-corrected chi connectivity index (χ3v) is 6.68. The van der Waals surface area contributed by atoms with Crippen LogP contribution in [0, 0.1) is 16.7 Å². The van der Waals surface area contributed by atoms with Gasteiger partial charge < -0.3 is 0 Å². The Morgan fingerprint density at radius 2 is 1.41 bits per heavy atom. The number of hydrogen-bond donors (Lipinski definition) is 0. The van der Waals surface area contributed by atoms with Crippen molar-refractivity contribution in [3.05, 3.63) is 0 Å². The fourth-order valence-electron chi connectivity index (χ4n) is 6.34. The van der Waals surface area contributed by atoms with E-state index in [0.29, 0.717) is 4.32 Å². The summed E-state index contributed by atoms with van der Waals surface area (Å²) in [5, 5.41) is 0. The molecule has 4 atom stereocenters. The molecule has 0 aromatic carbocycles. The fourth-order valence-corrected chi connectivity index (χ4v) is 7.98. The highest BCUT2D eigenvalue weighted by Crippen LogP contribution is 2.71. The Kier molecular flexibility index (Phi) is 2.93. The van der Waals surface area contributed by atoms with E-state index in [2.05, 4.69) is 29.8 Å². The first-order valence-corrected chi connectivity index (χ1v) is 8.51. The van der Waals surface area contributed by atoms with Crippen LogP contribution >= 0.6 is 15.9 Å². The van der Waals surface area contributed by atoms with Crippen molar-refractivity contribution >= 4 is 15.9 Å². The van der Waals surface area contributed by atoms with Gasteiger partial charge in [0.15, 0.2) is 0 Å². The minimum absolute atomic E-state index is 0.538. The van der Waals surface area contributed by atoms with Gasteiger partial charge in [-0.3, -0.25) is 0 Å². The van der Waals surface area contributed by atoms with Gasteiger partial charge in [-0.2, -0.15) is 0 Å². The molecular formula is C16H27Br. The molecule has 4 fully saturated rings. The Morgan fingerprint density at radius 1 is 0.882 bits per heavy atom. The number of rotatable bonds is 4. The molecule has 0 spiro atoms. The van der Waals surface area contributed by atoms with Gasteiger partial charge in [0.1, 0.15) is 0 Å². The molecule has 4 rings (SSSR count). The second-order valence-corrected chi connectivity index (χ2v) is 9.34. The largest absolute Gasteiger partial charge is 0.0853 e. The maximum Gasteiger partial charge on any atom is 0.0271 e. The molecule has 4 aliphatic rings. The molecular weight excluding hydrogens is 272 g/mol. The van der Waals surface area contributed by atoms with Gasteiger partial charge in [-0.1, -0.05) is 42.6 Å². The molecule has 0 amide bonds. The lowest BCUT2D eigenvalue weighted by Gasteiger charge is -2.65. The van der Waals surface area contributed by atoms with E-state index in [1.54, 1.807) is 19.3 Å². The lowest BCUT2D eigenvalue weighted by atomic mass is 9.42. The van der Waals surface area contributed by atoms with Crippen LogP contribution in [0.4, 0.5) is 0 Å². The van der Waals surface area contributed by atoms with E-state index in [4.69, 9.17) is 0 Å². The first-order valence-electron chi connectivity index (χ1n) is 7.72. The van der Waals surface area contributed by atoms with Crippen LogP contribution in [-0.4, -0.2) is 4.32 Å². The van der Waals surface area contributed by atoms with E-state index >= 15 is 0 Å². The van der Waals surface area contributed by atoms with Crippen LogP contribution in [0.15, 0.2) is 0 Å². The van der Waals surface area contributed by atoms with Gasteiger partial charge in [-0.15, -0.1) is 0 Å². The van der Waals surface area contributed by atoms with Crippen LogP contribution in [0.1, 0.15) is 78.1 Å². The predicted molar refractivity (Wildman–Crippen MR) is 77.5 cm³/mol. The maximum absolute atomic E-state index is 4.17. The van der Waals surface area contributed by atoms with E-state index in [1.165, 1.54) is 44.9 Å². The molecule has 1 heteroatoms. The van der Waals surface area contributed by atoms with Crippen LogP contribution in [0.2, 0.25) is 0 Å². The summed E-state index contributed by atoms with van der Waals surface area (Å²) in [5.74, 6) is 1.05. The van der Waals surface area contributed by atoms with E-state index in [9.17, 15) is 0 Å². The van der Waals surface area contributed by atoms with Crippen LogP contribution in [0.3, 0.4) is 0 Å². The number of hydrogen-bond acceptors (Lipinski definition) is 0. The lowest BCUT2D eigenvalue weighted by Crippen LogP contribution is -2.57. The summed E-state index contributed by atoms with van der Waals surface area (Å²) in [6.45, 7) is 4.76. The Balaban J connectivity index is 1.91. The van der Waals surface area contributed by atoms with Gasteiger partial charge in [0.25, 0.3) is 0 Å². The second-order valence-electron chi connectivity index (χ2n) is 7.66. The Morgan fingerprint density at radius 3 is 1.82 bits per heavy atom. The SMILES string of the molecule is CCC[C@]12CC3CC(Br)(C1)C[C@@](CCC)(C3)C2. The third kappa shape index (κ3) is 2.01. The maximum atomic E-state index is 4.17. The Labute approximate surface area is 115 Å². The highest BCUT2D eigenvalue weighted by Gasteiger charge is 2.61. The van der Waals surface area contributed by atoms with Crippen molar-refractivity contribution in [2.24, 2.45) is 16.7 Å². The summed E-state index contributed by atoms with van der Waals surface area (Å²) in [7, 11) is 0. The zero-order chi connectivity index (χ0) is 12.1. The zero-order valence-corrected chi connectivity index (χ0v) is 13.1. The van der Waals surface area contributed by atoms with Gasteiger partial charge in [0, 0.05) is 4.32 Å². The highest BCUT2D eigenvalue weighted by molar-refractivity contribution is 9.10. The molecule has 4 saturated carbocycles. The average Bonchev–Trinajstić information content (AvgIpc) is 2.12. The molecule has 0 nitrogen and oxygen atoms in total. The highest BCUT2D eigenvalue weighted by atomic mass is 79.9. The minimum Gasteiger partial charge on any atom is -0.0853 e. The fraction of sp³-hybridized carbons (Fsp3) is 1.00. The topological polar surface area (TPSA) is 0 Å². The standard InChI is InChI=1S/C16H27Br/c1-3-5-14-7-13-8-15(10-14,6-4-2)12-16(17,9-13)11-14/h13H,3-12H2,1-2H3/t13?,14-,15+,16?. The molecule has 4 aliphatic carbocycles. The molecule has 0 aromatic rings. The monoisotopic (exact) mass is 298 g/mol. The van der Waals surface area contributed by atoms with Crippen LogP contribution < -0.4 is 0 Å². The average molecular weight is 299 g/mol. The molecule has 0 saturated heterocycles. The molecule has 0 aromatic heterocycles. The van der Waals surface area contributed by atoms with Gasteiger partial charge in [-0.05, 0) is 68.1 Å². The van der Waals surface area contributed by atoms with Crippen molar-refractivity contribution < 1.29 is 0 Å². The van der Waals surface area contributed by atoms with Crippen molar-refractivity contribution in [3.8, 4) is 0 Å². The summed E-state index contributed by atoms with van der Waals surface area (Å²) < 4.78 is 0.538. The molecule has 0 N–H and O–H groups in total. The van der Waals surface area contributed by atoms with E-state index < -0.39 is 0 Å². The summed E-state index contributed by atoms with van der Waals surface area (Å²) in [6, 6.07) is 0. The zero-order valence-electron chi connectivity index (χ0n) is 11.5. The van der Waals surface area contributed by atoms with Gasteiger partial charge in [-0.25, -0.2) is 0 Å². The van der Waals surface area contributed by atoms with E-state index in [1.807, 2.05) is 0 Å².